The third kappa shape index (κ3) is 7.97. The fraction of sp³-hybridized carbons (Fsp3) is 0.472. The molecule has 6 rings (SSSR count). The van der Waals surface area contributed by atoms with Crippen LogP contribution >= 0.6 is 0 Å². The zero-order valence-corrected chi connectivity index (χ0v) is 29.6. The molecule has 5 heterocycles. The highest BCUT2D eigenvalue weighted by Gasteiger charge is 2.29. The van der Waals surface area contributed by atoms with Crippen molar-refractivity contribution in [3.05, 3.63) is 59.9 Å². The molecule has 2 aliphatic heterocycles. The number of fused-ring (bicyclic) bond motifs is 5. The van der Waals surface area contributed by atoms with Crippen LogP contribution in [-0.2, 0) is 29.6 Å². The van der Waals surface area contributed by atoms with Gasteiger partial charge in [0.1, 0.15) is 11.5 Å². The van der Waals surface area contributed by atoms with Crippen LogP contribution in [-0.4, -0.2) is 113 Å². The second kappa shape index (κ2) is 16.0. The molecule has 1 atom stereocenters. The molecule has 1 aromatic carbocycles. The van der Waals surface area contributed by atoms with Gasteiger partial charge in [-0.05, 0) is 37.3 Å². The van der Waals surface area contributed by atoms with Crippen LogP contribution in [0.25, 0.3) is 10.9 Å². The Kier molecular flexibility index (Phi) is 11.1. The lowest BCUT2D eigenvalue weighted by Gasteiger charge is -2.35. The molecule has 2 bridgehead atoms. The molecule has 0 spiro atoms. The number of methoxy groups -OCH3 is 3. The van der Waals surface area contributed by atoms with E-state index in [0.29, 0.717) is 42.3 Å². The zero-order valence-electron chi connectivity index (χ0n) is 29.6. The Hall–Kier alpha value is -5.47. The Morgan fingerprint density at radius 2 is 1.80 bits per heavy atom. The number of carbonyl (C=O) groups excluding carboxylic acids is 3. The van der Waals surface area contributed by atoms with E-state index in [9.17, 15) is 14.4 Å². The highest BCUT2D eigenvalue weighted by Crippen LogP contribution is 2.44. The number of anilines is 1. The smallest absolute Gasteiger partial charge is 0.274 e. The predicted molar refractivity (Wildman–Crippen MR) is 189 cm³/mol. The lowest BCUT2D eigenvalue weighted by molar-refractivity contribution is -0.132. The van der Waals surface area contributed by atoms with Gasteiger partial charge in [0.25, 0.3) is 5.91 Å². The number of benzene rings is 1. The number of rotatable bonds is 7. The molecule has 0 saturated carbocycles. The summed E-state index contributed by atoms with van der Waals surface area (Å²) in [6.07, 6.45) is 8.80. The van der Waals surface area contributed by atoms with E-state index in [2.05, 4.69) is 25.3 Å². The Morgan fingerprint density at radius 1 is 0.980 bits per heavy atom. The summed E-state index contributed by atoms with van der Waals surface area (Å²) in [6.45, 7) is 2.74. The molecule has 2 aliphatic rings. The average Bonchev–Trinajstić information content (AvgIpc) is 3.58. The highest BCUT2D eigenvalue weighted by molar-refractivity contribution is 5.93. The van der Waals surface area contributed by atoms with Crippen molar-refractivity contribution >= 4 is 34.4 Å². The van der Waals surface area contributed by atoms with Crippen molar-refractivity contribution in [3.63, 3.8) is 0 Å². The molecule has 15 nitrogen and oxygen atoms in total. The number of pyridine rings is 1. The summed E-state index contributed by atoms with van der Waals surface area (Å²) in [7, 11) is 6.56. The molecule has 1 N–H and O–H groups in total. The Labute approximate surface area is 296 Å². The first-order valence-electron chi connectivity index (χ1n) is 17.2. The molecule has 4 aromatic rings. The maximum absolute atomic E-state index is 14.2. The summed E-state index contributed by atoms with van der Waals surface area (Å²) in [5.41, 5.74) is 2.59. The van der Waals surface area contributed by atoms with Gasteiger partial charge in [0, 0.05) is 107 Å². The molecule has 0 aliphatic carbocycles. The lowest BCUT2D eigenvalue weighted by Crippen LogP contribution is -2.43. The highest BCUT2D eigenvalue weighted by atomic mass is 16.5. The number of aryl methyl sites for hydroxylation is 2. The van der Waals surface area contributed by atoms with Crippen LogP contribution in [0, 0.1) is 5.92 Å². The predicted octanol–water partition coefficient (Wildman–Crippen LogP) is 2.62. The van der Waals surface area contributed by atoms with Crippen molar-refractivity contribution in [2.24, 2.45) is 13.0 Å². The minimum absolute atomic E-state index is 0.0907. The van der Waals surface area contributed by atoms with Crippen LogP contribution in [0.1, 0.15) is 47.4 Å². The normalized spacial score (nSPS) is 17.2. The first-order valence-corrected chi connectivity index (χ1v) is 17.2. The molecular weight excluding hydrogens is 654 g/mol. The van der Waals surface area contributed by atoms with Gasteiger partial charge in [0.05, 0.1) is 33.0 Å². The van der Waals surface area contributed by atoms with Crippen molar-refractivity contribution in [2.75, 3.05) is 65.5 Å². The number of amides is 3. The van der Waals surface area contributed by atoms with E-state index in [4.69, 9.17) is 19.2 Å². The monoisotopic (exact) mass is 699 g/mol. The quantitative estimate of drug-likeness (QED) is 0.303. The number of nitrogens with zero attached hydrogens (tertiary/aromatic N) is 8. The number of hydrogen-bond donors (Lipinski definition) is 1. The molecule has 51 heavy (non-hydrogen) atoms. The summed E-state index contributed by atoms with van der Waals surface area (Å²) >= 11 is 0. The molecule has 1 saturated heterocycles. The molecule has 3 aromatic heterocycles. The van der Waals surface area contributed by atoms with Crippen LogP contribution in [0.3, 0.4) is 0 Å². The zero-order chi connectivity index (χ0) is 35.9. The minimum atomic E-state index is -0.358. The number of aromatic nitrogens is 5. The van der Waals surface area contributed by atoms with Gasteiger partial charge in [-0.1, -0.05) is 0 Å². The van der Waals surface area contributed by atoms with Crippen LogP contribution in [0.4, 0.5) is 5.82 Å². The molecule has 1 unspecified atom stereocenters. The second-order valence-electron chi connectivity index (χ2n) is 12.8. The number of hydrogen-bond acceptors (Lipinski definition) is 11. The van der Waals surface area contributed by atoms with E-state index in [1.165, 1.54) is 18.6 Å². The largest absolute Gasteiger partial charge is 0.493 e. The van der Waals surface area contributed by atoms with Crippen LogP contribution in [0.2, 0.25) is 0 Å². The van der Waals surface area contributed by atoms with Crippen molar-refractivity contribution in [2.45, 2.75) is 38.6 Å². The van der Waals surface area contributed by atoms with Gasteiger partial charge in [-0.2, -0.15) is 5.10 Å². The van der Waals surface area contributed by atoms with Crippen LogP contribution in [0.5, 0.6) is 17.2 Å². The fourth-order valence-electron chi connectivity index (χ4n) is 6.88. The van der Waals surface area contributed by atoms with Crippen LogP contribution < -0.4 is 24.4 Å². The average molecular weight is 700 g/mol. The Balaban J connectivity index is 1.44. The minimum Gasteiger partial charge on any atom is -0.493 e. The van der Waals surface area contributed by atoms with Gasteiger partial charge in [0.2, 0.25) is 17.6 Å². The number of nitrogens with one attached hydrogen (secondary N) is 1. The third-order valence-electron chi connectivity index (χ3n) is 9.63. The standard InChI is InChI=1S/C36H45N9O6/c1-42-26(9-11-40-42)7-8-32(47)44-17-16-43(36(48)29-21-37-12-13-38-29)15-10-31(46)39-20-24-6-5-14-45(22-24)35-25(23-44)18-27-28(41-35)19-30(49-2)34(51-4)33(27)50-3/h9,11-13,18-19,21,24H,5-8,10,14-17,20,22-23H2,1-4H3,(H,39,46). The Morgan fingerprint density at radius 3 is 2.53 bits per heavy atom. The summed E-state index contributed by atoms with van der Waals surface area (Å²) in [5.74, 6) is 1.77. The maximum atomic E-state index is 14.2. The molecular formula is C36H45N9O6. The second-order valence-corrected chi connectivity index (χ2v) is 12.8. The van der Waals surface area contributed by atoms with E-state index in [1.807, 2.05) is 25.2 Å². The summed E-state index contributed by atoms with van der Waals surface area (Å²) in [4.78, 5) is 60.1. The lowest BCUT2D eigenvalue weighted by atomic mass is 9.97. The number of carbonyl (C=O) groups is 3. The van der Waals surface area contributed by atoms with Crippen molar-refractivity contribution in [1.29, 1.82) is 0 Å². The molecule has 15 heteroatoms. The third-order valence-corrected chi connectivity index (χ3v) is 9.63. The van der Waals surface area contributed by atoms with E-state index in [0.717, 1.165) is 41.8 Å². The van der Waals surface area contributed by atoms with Gasteiger partial charge in [-0.25, -0.2) is 9.97 Å². The van der Waals surface area contributed by atoms with E-state index in [1.54, 1.807) is 42.0 Å². The topological polar surface area (TPSA) is 157 Å². The van der Waals surface area contributed by atoms with Crippen molar-refractivity contribution < 1.29 is 28.6 Å². The number of piperidine rings is 1. The first kappa shape index (κ1) is 35.4. The SMILES string of the molecule is COc1cc2nc3c(cc2c(OC)c1OC)CN(C(=O)CCc1ccnn1C)CCN(C(=O)c1cnccn1)CCC(=O)NCC1CCCN3C1. The van der Waals surface area contributed by atoms with E-state index >= 15 is 0 Å². The van der Waals surface area contributed by atoms with Gasteiger partial charge in [-0.15, -0.1) is 0 Å². The fourth-order valence-corrected chi connectivity index (χ4v) is 6.88. The van der Waals surface area contributed by atoms with E-state index in [-0.39, 0.29) is 68.4 Å². The van der Waals surface area contributed by atoms with Gasteiger partial charge < -0.3 is 34.2 Å². The molecule has 270 valence electrons. The maximum Gasteiger partial charge on any atom is 0.274 e. The van der Waals surface area contributed by atoms with Crippen molar-refractivity contribution in [1.82, 2.24) is 39.8 Å². The summed E-state index contributed by atoms with van der Waals surface area (Å²) < 4.78 is 19.0. The molecule has 1 fully saturated rings. The van der Waals surface area contributed by atoms with Crippen LogP contribution in [0.15, 0.2) is 43.0 Å². The summed E-state index contributed by atoms with van der Waals surface area (Å²) in [6, 6.07) is 5.75. The van der Waals surface area contributed by atoms with Gasteiger partial charge in [0.15, 0.2) is 11.5 Å². The summed E-state index contributed by atoms with van der Waals surface area (Å²) in [5, 5.41) is 8.07. The van der Waals surface area contributed by atoms with Crippen molar-refractivity contribution in [3.8, 4) is 17.2 Å². The van der Waals surface area contributed by atoms with Gasteiger partial charge >= 0.3 is 0 Å². The Bertz CT molecular complexity index is 1870. The van der Waals surface area contributed by atoms with Gasteiger partial charge in [-0.3, -0.25) is 24.0 Å². The number of ether oxygens (including phenoxy) is 3. The van der Waals surface area contributed by atoms with E-state index < -0.39 is 0 Å². The molecule has 0 radical (unpaired) electrons. The first-order chi connectivity index (χ1) is 24.8. The molecule has 3 amide bonds.